The first kappa shape index (κ1) is 10.3. The van der Waals surface area contributed by atoms with E-state index in [1.54, 1.807) is 4.90 Å². The molecule has 1 heterocycles. The molecule has 1 aliphatic heterocycles. The van der Waals surface area contributed by atoms with Gasteiger partial charge in [-0.3, -0.25) is 0 Å². The van der Waals surface area contributed by atoms with E-state index in [4.69, 9.17) is 0 Å². The van der Waals surface area contributed by atoms with Gasteiger partial charge in [-0.2, -0.15) is 13.2 Å². The second-order valence-electron chi connectivity index (χ2n) is 3.81. The maximum absolute atomic E-state index is 12.4. The average Bonchev–Trinajstić information content (AvgIpc) is 2.67. The number of para-hydroxylation sites is 1. The molecule has 0 spiro atoms. The fourth-order valence-corrected chi connectivity index (χ4v) is 1.90. The Kier molecular flexibility index (Phi) is 2.59. The van der Waals surface area contributed by atoms with Gasteiger partial charge in [0.05, 0.1) is 5.92 Å². The molecule has 1 atom stereocenters. The second kappa shape index (κ2) is 3.76. The minimum absolute atomic E-state index is 0.0908. The van der Waals surface area contributed by atoms with Crippen molar-refractivity contribution in [2.75, 3.05) is 18.0 Å². The predicted octanol–water partition coefficient (Wildman–Crippen LogP) is 3.08. The third-order valence-corrected chi connectivity index (χ3v) is 2.77. The van der Waals surface area contributed by atoms with Gasteiger partial charge in [0.1, 0.15) is 0 Å². The fraction of sp³-hybridized carbons (Fsp3) is 0.455. The van der Waals surface area contributed by atoms with Crippen LogP contribution in [0.4, 0.5) is 18.9 Å². The van der Waals surface area contributed by atoms with Crippen molar-refractivity contribution in [3.63, 3.8) is 0 Å². The summed E-state index contributed by atoms with van der Waals surface area (Å²) in [4.78, 5) is 1.79. The van der Waals surface area contributed by atoms with Crippen molar-refractivity contribution in [2.24, 2.45) is 5.92 Å². The van der Waals surface area contributed by atoms with E-state index >= 15 is 0 Å². The zero-order valence-electron chi connectivity index (χ0n) is 8.17. The molecular formula is C11H12F3N. The molecule has 0 saturated carbocycles. The molecular weight excluding hydrogens is 203 g/mol. The number of nitrogens with zero attached hydrogens (tertiary/aromatic N) is 1. The first-order chi connectivity index (χ1) is 7.07. The van der Waals surface area contributed by atoms with E-state index in [0.29, 0.717) is 6.54 Å². The highest BCUT2D eigenvalue weighted by molar-refractivity contribution is 5.46. The molecule has 0 aromatic heterocycles. The van der Waals surface area contributed by atoms with Crippen LogP contribution < -0.4 is 4.90 Å². The Morgan fingerprint density at radius 3 is 2.33 bits per heavy atom. The van der Waals surface area contributed by atoms with Gasteiger partial charge in [-0.05, 0) is 18.6 Å². The largest absolute Gasteiger partial charge is 0.393 e. The standard InChI is InChI=1S/C11H12F3N/c12-11(13,14)9-6-7-15(8-9)10-4-2-1-3-5-10/h1-5,9H,6-8H2/t9-/m1/s1. The van der Waals surface area contributed by atoms with Gasteiger partial charge in [-0.25, -0.2) is 0 Å². The van der Waals surface area contributed by atoms with E-state index in [-0.39, 0.29) is 13.0 Å². The van der Waals surface area contributed by atoms with Crippen LogP contribution in [0.2, 0.25) is 0 Å². The highest BCUT2D eigenvalue weighted by Crippen LogP contribution is 2.35. The van der Waals surface area contributed by atoms with Crippen LogP contribution >= 0.6 is 0 Å². The Labute approximate surface area is 86.5 Å². The van der Waals surface area contributed by atoms with Crippen LogP contribution in [0.3, 0.4) is 0 Å². The van der Waals surface area contributed by atoms with Gasteiger partial charge >= 0.3 is 6.18 Å². The molecule has 1 nitrogen and oxygen atoms in total. The lowest BCUT2D eigenvalue weighted by Gasteiger charge is -2.19. The van der Waals surface area contributed by atoms with E-state index in [1.807, 2.05) is 30.3 Å². The highest BCUT2D eigenvalue weighted by Gasteiger charge is 2.43. The molecule has 1 aromatic carbocycles. The van der Waals surface area contributed by atoms with E-state index in [2.05, 4.69) is 0 Å². The molecule has 1 aliphatic rings. The summed E-state index contributed by atoms with van der Waals surface area (Å²) in [6.07, 6.45) is -3.85. The summed E-state index contributed by atoms with van der Waals surface area (Å²) in [5.74, 6) is -1.17. The zero-order valence-corrected chi connectivity index (χ0v) is 8.17. The summed E-state index contributed by atoms with van der Waals surface area (Å²) in [5.41, 5.74) is 0.879. The number of alkyl halides is 3. The molecule has 4 heteroatoms. The van der Waals surface area contributed by atoms with Gasteiger partial charge in [0.15, 0.2) is 0 Å². The summed E-state index contributed by atoms with van der Waals surface area (Å²) < 4.78 is 37.3. The highest BCUT2D eigenvalue weighted by atomic mass is 19.4. The molecule has 0 radical (unpaired) electrons. The lowest BCUT2D eigenvalue weighted by atomic mass is 10.1. The Hall–Kier alpha value is -1.19. The van der Waals surface area contributed by atoms with Crippen LogP contribution in [0.25, 0.3) is 0 Å². The lowest BCUT2D eigenvalue weighted by molar-refractivity contribution is -0.168. The summed E-state index contributed by atoms with van der Waals surface area (Å²) >= 11 is 0. The summed E-state index contributed by atoms with van der Waals surface area (Å²) in [7, 11) is 0. The van der Waals surface area contributed by atoms with Crippen LogP contribution in [0, 0.1) is 5.92 Å². The first-order valence-corrected chi connectivity index (χ1v) is 4.94. The van der Waals surface area contributed by atoms with Crippen molar-refractivity contribution >= 4 is 5.69 Å². The normalized spacial score (nSPS) is 22.1. The Morgan fingerprint density at radius 2 is 1.80 bits per heavy atom. The van der Waals surface area contributed by atoms with Crippen molar-refractivity contribution in [2.45, 2.75) is 12.6 Å². The molecule has 1 fully saturated rings. The Balaban J connectivity index is 2.05. The van der Waals surface area contributed by atoms with E-state index < -0.39 is 12.1 Å². The Morgan fingerprint density at radius 1 is 1.13 bits per heavy atom. The number of hydrogen-bond donors (Lipinski definition) is 0. The van der Waals surface area contributed by atoms with E-state index in [1.165, 1.54) is 0 Å². The van der Waals surface area contributed by atoms with Crippen molar-refractivity contribution in [1.29, 1.82) is 0 Å². The fourth-order valence-electron chi connectivity index (χ4n) is 1.90. The van der Waals surface area contributed by atoms with Gasteiger partial charge in [0, 0.05) is 18.8 Å². The Bertz CT molecular complexity index is 320. The average molecular weight is 215 g/mol. The van der Waals surface area contributed by atoms with Crippen LogP contribution in [0.15, 0.2) is 30.3 Å². The molecule has 0 bridgehead atoms. The van der Waals surface area contributed by atoms with Gasteiger partial charge in [-0.15, -0.1) is 0 Å². The zero-order chi connectivity index (χ0) is 10.9. The predicted molar refractivity (Wildman–Crippen MR) is 52.8 cm³/mol. The number of halogens is 3. The molecule has 82 valence electrons. The molecule has 0 amide bonds. The molecule has 15 heavy (non-hydrogen) atoms. The quantitative estimate of drug-likeness (QED) is 0.695. The van der Waals surface area contributed by atoms with Gasteiger partial charge in [-0.1, -0.05) is 18.2 Å². The van der Waals surface area contributed by atoms with Gasteiger partial charge in [0.25, 0.3) is 0 Å². The van der Waals surface area contributed by atoms with E-state index in [0.717, 1.165) is 5.69 Å². The van der Waals surface area contributed by atoms with Crippen molar-refractivity contribution in [3.05, 3.63) is 30.3 Å². The summed E-state index contributed by atoms with van der Waals surface area (Å²) in [6, 6.07) is 9.24. The van der Waals surface area contributed by atoms with Crippen LogP contribution in [-0.2, 0) is 0 Å². The molecule has 0 aliphatic carbocycles. The SMILES string of the molecule is FC(F)(F)[C@@H]1CCN(c2ccccc2)C1. The minimum Gasteiger partial charge on any atom is -0.371 e. The molecule has 0 N–H and O–H groups in total. The van der Waals surface area contributed by atoms with Crippen LogP contribution in [0.1, 0.15) is 6.42 Å². The monoisotopic (exact) mass is 215 g/mol. The topological polar surface area (TPSA) is 3.24 Å². The van der Waals surface area contributed by atoms with Crippen molar-refractivity contribution < 1.29 is 13.2 Å². The number of rotatable bonds is 1. The molecule has 2 rings (SSSR count). The van der Waals surface area contributed by atoms with Crippen molar-refractivity contribution in [1.82, 2.24) is 0 Å². The maximum Gasteiger partial charge on any atom is 0.393 e. The van der Waals surface area contributed by atoms with Crippen molar-refractivity contribution in [3.8, 4) is 0 Å². The summed E-state index contributed by atoms with van der Waals surface area (Å²) in [5, 5.41) is 0. The first-order valence-electron chi connectivity index (χ1n) is 4.94. The number of hydrogen-bond acceptors (Lipinski definition) is 1. The summed E-state index contributed by atoms with van der Waals surface area (Å²) in [6.45, 7) is 0.585. The number of anilines is 1. The van der Waals surface area contributed by atoms with Crippen LogP contribution in [0.5, 0.6) is 0 Å². The maximum atomic E-state index is 12.4. The third kappa shape index (κ3) is 2.25. The van der Waals surface area contributed by atoms with Gasteiger partial charge < -0.3 is 4.90 Å². The minimum atomic E-state index is -4.05. The second-order valence-corrected chi connectivity index (χ2v) is 3.81. The van der Waals surface area contributed by atoms with E-state index in [9.17, 15) is 13.2 Å². The molecule has 1 aromatic rings. The smallest absolute Gasteiger partial charge is 0.371 e. The van der Waals surface area contributed by atoms with Gasteiger partial charge in [0.2, 0.25) is 0 Å². The third-order valence-electron chi connectivity index (χ3n) is 2.77. The lowest BCUT2D eigenvalue weighted by Crippen LogP contribution is -2.27. The molecule has 0 unspecified atom stereocenters. The molecule has 1 saturated heterocycles. The number of benzene rings is 1. The van der Waals surface area contributed by atoms with Crippen LogP contribution in [-0.4, -0.2) is 19.3 Å².